The van der Waals surface area contributed by atoms with Gasteiger partial charge < -0.3 is 4.90 Å². The second-order valence-electron chi connectivity index (χ2n) is 5.22. The highest BCUT2D eigenvalue weighted by atomic mass is 35.5. The van der Waals surface area contributed by atoms with Crippen LogP contribution in [0.1, 0.15) is 18.4 Å². The summed E-state index contributed by atoms with van der Waals surface area (Å²) < 4.78 is 0. The number of nitrogens with zero attached hydrogens (tertiary/aromatic N) is 3. The van der Waals surface area contributed by atoms with Crippen LogP contribution < -0.4 is 0 Å². The molecule has 0 unspecified atom stereocenters. The number of halogens is 1. The van der Waals surface area contributed by atoms with Crippen molar-refractivity contribution in [1.29, 1.82) is 5.26 Å². The van der Waals surface area contributed by atoms with Crippen molar-refractivity contribution in [3.63, 3.8) is 0 Å². The van der Waals surface area contributed by atoms with Crippen molar-refractivity contribution in [2.24, 2.45) is 0 Å². The molecule has 5 heteroatoms. The van der Waals surface area contributed by atoms with Gasteiger partial charge in [-0.15, -0.1) is 0 Å². The smallest absolute Gasteiger partial charge is 0.222 e. The zero-order chi connectivity index (χ0) is 15.1. The summed E-state index contributed by atoms with van der Waals surface area (Å²) >= 11 is 6.10. The third-order valence-electron chi connectivity index (χ3n) is 3.83. The lowest BCUT2D eigenvalue weighted by atomic mass is 10.1. The van der Waals surface area contributed by atoms with Gasteiger partial charge in [-0.25, -0.2) is 0 Å². The first kappa shape index (κ1) is 15.8. The number of hydrogen-bond acceptors (Lipinski definition) is 3. The molecular weight excluding hydrogens is 286 g/mol. The molecule has 1 fully saturated rings. The molecule has 0 atom stereocenters. The molecule has 112 valence electrons. The second kappa shape index (κ2) is 8.02. The standard InChI is InChI=1S/C16H20ClN3O/c17-15-5-2-1-4-14(15)6-7-16(21)20-12-10-19(11-13-20)9-3-8-18/h1-2,4-5H,3,6-7,9-13H2. The zero-order valence-electron chi connectivity index (χ0n) is 12.1. The topological polar surface area (TPSA) is 47.3 Å². The molecule has 0 aromatic heterocycles. The van der Waals surface area contributed by atoms with Crippen LogP contribution in [0.3, 0.4) is 0 Å². The predicted molar refractivity (Wildman–Crippen MR) is 83.0 cm³/mol. The summed E-state index contributed by atoms with van der Waals surface area (Å²) in [6.07, 6.45) is 1.75. The first-order valence-corrected chi connectivity index (χ1v) is 7.69. The first-order chi connectivity index (χ1) is 10.2. The molecule has 1 heterocycles. The summed E-state index contributed by atoms with van der Waals surface area (Å²) in [4.78, 5) is 16.4. The normalized spacial score (nSPS) is 15.7. The molecule has 1 amide bonds. The van der Waals surface area contributed by atoms with E-state index in [9.17, 15) is 4.79 Å². The minimum absolute atomic E-state index is 0.190. The van der Waals surface area contributed by atoms with E-state index in [2.05, 4.69) is 11.0 Å². The molecule has 0 N–H and O–H groups in total. The quantitative estimate of drug-likeness (QED) is 0.839. The molecule has 0 spiro atoms. The van der Waals surface area contributed by atoms with Gasteiger partial charge >= 0.3 is 0 Å². The van der Waals surface area contributed by atoms with E-state index in [1.54, 1.807) is 0 Å². The highest BCUT2D eigenvalue weighted by Gasteiger charge is 2.20. The number of amides is 1. The number of nitriles is 1. The lowest BCUT2D eigenvalue weighted by Gasteiger charge is -2.34. The average Bonchev–Trinajstić information content (AvgIpc) is 2.52. The maximum Gasteiger partial charge on any atom is 0.222 e. The number of carbonyl (C=O) groups excluding carboxylic acids is 1. The summed E-state index contributed by atoms with van der Waals surface area (Å²) in [6, 6.07) is 9.82. The summed E-state index contributed by atoms with van der Waals surface area (Å²) in [6.45, 7) is 4.04. The highest BCUT2D eigenvalue weighted by molar-refractivity contribution is 6.31. The molecule has 1 aromatic carbocycles. The van der Waals surface area contributed by atoms with E-state index in [1.165, 1.54) is 0 Å². The molecule has 2 rings (SSSR count). The lowest BCUT2D eigenvalue weighted by molar-refractivity contribution is -0.132. The van der Waals surface area contributed by atoms with E-state index in [-0.39, 0.29) is 5.91 Å². The van der Waals surface area contributed by atoms with Crippen LogP contribution in [0.15, 0.2) is 24.3 Å². The van der Waals surface area contributed by atoms with E-state index in [4.69, 9.17) is 16.9 Å². The Labute approximate surface area is 130 Å². The van der Waals surface area contributed by atoms with Gasteiger partial charge in [-0.3, -0.25) is 9.69 Å². The number of rotatable bonds is 5. The van der Waals surface area contributed by atoms with E-state index < -0.39 is 0 Å². The fourth-order valence-corrected chi connectivity index (χ4v) is 2.76. The highest BCUT2D eigenvalue weighted by Crippen LogP contribution is 2.17. The molecule has 4 nitrogen and oxygen atoms in total. The van der Waals surface area contributed by atoms with E-state index in [0.29, 0.717) is 19.3 Å². The Morgan fingerprint density at radius 2 is 1.95 bits per heavy atom. The Kier molecular flexibility index (Phi) is 6.04. The SMILES string of the molecule is N#CCCN1CCN(C(=O)CCc2ccccc2Cl)CC1. The second-order valence-corrected chi connectivity index (χ2v) is 5.63. The van der Waals surface area contributed by atoms with Crippen LogP contribution in [0.4, 0.5) is 0 Å². The van der Waals surface area contributed by atoms with Gasteiger partial charge in [0.2, 0.25) is 5.91 Å². The van der Waals surface area contributed by atoms with E-state index in [0.717, 1.165) is 43.3 Å². The van der Waals surface area contributed by atoms with E-state index >= 15 is 0 Å². The van der Waals surface area contributed by atoms with Gasteiger partial charge in [0.25, 0.3) is 0 Å². The molecular formula is C16H20ClN3O. The summed E-state index contributed by atoms with van der Waals surface area (Å²) in [5.74, 6) is 0.190. The van der Waals surface area contributed by atoms with Gasteiger partial charge in [-0.1, -0.05) is 29.8 Å². The van der Waals surface area contributed by atoms with Crippen LogP contribution in [0.25, 0.3) is 0 Å². The molecule has 1 aromatic rings. The fraction of sp³-hybridized carbons (Fsp3) is 0.500. The number of piperazine rings is 1. The molecule has 1 saturated heterocycles. The van der Waals surface area contributed by atoms with Crippen molar-refractivity contribution in [1.82, 2.24) is 9.80 Å². The van der Waals surface area contributed by atoms with Crippen LogP contribution in [0.5, 0.6) is 0 Å². The first-order valence-electron chi connectivity index (χ1n) is 7.31. The summed E-state index contributed by atoms with van der Waals surface area (Å²) in [5, 5.41) is 9.31. The van der Waals surface area contributed by atoms with Gasteiger partial charge in [0, 0.05) is 50.6 Å². The van der Waals surface area contributed by atoms with Crippen molar-refractivity contribution >= 4 is 17.5 Å². The molecule has 21 heavy (non-hydrogen) atoms. The van der Waals surface area contributed by atoms with E-state index in [1.807, 2.05) is 29.2 Å². The molecule has 1 aliphatic heterocycles. The third-order valence-corrected chi connectivity index (χ3v) is 4.20. The van der Waals surface area contributed by atoms with Crippen molar-refractivity contribution in [2.45, 2.75) is 19.3 Å². The van der Waals surface area contributed by atoms with Crippen LogP contribution >= 0.6 is 11.6 Å². The monoisotopic (exact) mass is 305 g/mol. The largest absolute Gasteiger partial charge is 0.340 e. The van der Waals surface area contributed by atoms with Crippen molar-refractivity contribution in [2.75, 3.05) is 32.7 Å². The van der Waals surface area contributed by atoms with Crippen LogP contribution in [0.2, 0.25) is 5.02 Å². The Morgan fingerprint density at radius 1 is 1.24 bits per heavy atom. The van der Waals surface area contributed by atoms with Gasteiger partial charge in [0.1, 0.15) is 0 Å². The fourth-order valence-electron chi connectivity index (χ4n) is 2.53. The Hall–Kier alpha value is -1.57. The summed E-state index contributed by atoms with van der Waals surface area (Å²) in [5.41, 5.74) is 1.03. The van der Waals surface area contributed by atoms with Crippen LogP contribution in [-0.4, -0.2) is 48.4 Å². The molecule has 0 aliphatic carbocycles. The number of hydrogen-bond donors (Lipinski definition) is 0. The van der Waals surface area contributed by atoms with Gasteiger partial charge in [-0.05, 0) is 18.1 Å². The van der Waals surface area contributed by atoms with Crippen molar-refractivity contribution < 1.29 is 4.79 Å². The van der Waals surface area contributed by atoms with Crippen molar-refractivity contribution in [3.05, 3.63) is 34.9 Å². The average molecular weight is 306 g/mol. The maximum absolute atomic E-state index is 12.2. The molecule has 0 radical (unpaired) electrons. The third kappa shape index (κ3) is 4.73. The van der Waals surface area contributed by atoms with Gasteiger partial charge in [0.05, 0.1) is 6.07 Å². The predicted octanol–water partition coefficient (Wildman–Crippen LogP) is 2.33. The summed E-state index contributed by atoms with van der Waals surface area (Å²) in [7, 11) is 0. The molecule has 0 bridgehead atoms. The number of aryl methyl sites for hydroxylation is 1. The lowest BCUT2D eigenvalue weighted by Crippen LogP contribution is -2.48. The van der Waals surface area contributed by atoms with Crippen molar-refractivity contribution in [3.8, 4) is 6.07 Å². The maximum atomic E-state index is 12.2. The Bertz CT molecular complexity index is 518. The van der Waals surface area contributed by atoms with Gasteiger partial charge in [0.15, 0.2) is 0 Å². The van der Waals surface area contributed by atoms with Gasteiger partial charge in [-0.2, -0.15) is 5.26 Å². The molecule has 0 saturated carbocycles. The number of benzene rings is 1. The Balaban J connectivity index is 1.75. The minimum atomic E-state index is 0.190. The van der Waals surface area contributed by atoms with Crippen LogP contribution in [-0.2, 0) is 11.2 Å². The molecule has 1 aliphatic rings. The zero-order valence-corrected chi connectivity index (χ0v) is 12.9. The number of carbonyl (C=O) groups is 1. The van der Waals surface area contributed by atoms with Crippen LogP contribution in [0, 0.1) is 11.3 Å². The Morgan fingerprint density at radius 3 is 2.62 bits per heavy atom. The minimum Gasteiger partial charge on any atom is -0.340 e.